The smallest absolute Gasteiger partial charge is 0.343 e. The molecule has 8 nitrogen and oxygen atoms in total. The van der Waals surface area contributed by atoms with Crippen LogP contribution >= 0.6 is 11.6 Å². The van der Waals surface area contributed by atoms with Crippen molar-refractivity contribution in [2.75, 3.05) is 12.4 Å². The van der Waals surface area contributed by atoms with E-state index in [1.165, 1.54) is 13.2 Å². The van der Waals surface area contributed by atoms with Gasteiger partial charge in [-0.1, -0.05) is 41.4 Å². The zero-order chi connectivity index (χ0) is 24.7. The van der Waals surface area contributed by atoms with Crippen LogP contribution in [0.2, 0.25) is 5.02 Å². The van der Waals surface area contributed by atoms with E-state index < -0.39 is 17.8 Å². The third-order valence-electron chi connectivity index (χ3n) is 4.67. The van der Waals surface area contributed by atoms with Crippen LogP contribution in [0.1, 0.15) is 28.4 Å². The highest BCUT2D eigenvalue weighted by molar-refractivity contribution is 6.40. The summed E-state index contributed by atoms with van der Waals surface area (Å²) >= 11 is 5.94. The zero-order valence-corrected chi connectivity index (χ0v) is 19.5. The molecule has 0 saturated heterocycles. The molecule has 0 aromatic heterocycles. The minimum absolute atomic E-state index is 0.240. The quantitative estimate of drug-likeness (QED) is 0.180. The van der Waals surface area contributed by atoms with Gasteiger partial charge < -0.3 is 14.8 Å². The molecule has 0 unspecified atom stereocenters. The largest absolute Gasteiger partial charge is 0.495 e. The second-order valence-corrected chi connectivity index (χ2v) is 7.63. The van der Waals surface area contributed by atoms with Crippen molar-refractivity contribution in [3.63, 3.8) is 0 Å². The zero-order valence-electron chi connectivity index (χ0n) is 18.7. The fourth-order valence-electron chi connectivity index (χ4n) is 2.99. The van der Waals surface area contributed by atoms with Crippen LogP contribution in [-0.2, 0) is 9.59 Å². The number of hydrogen-bond acceptors (Lipinski definition) is 6. The van der Waals surface area contributed by atoms with Gasteiger partial charge in [0, 0.05) is 10.6 Å². The minimum atomic E-state index is -1.00. The molecule has 0 fully saturated rings. The first-order chi connectivity index (χ1) is 16.3. The van der Waals surface area contributed by atoms with Gasteiger partial charge in [0.05, 0.1) is 24.1 Å². The van der Waals surface area contributed by atoms with Crippen LogP contribution in [0.15, 0.2) is 71.8 Å². The first kappa shape index (κ1) is 24.5. The average molecular weight is 480 g/mol. The Bertz CT molecular complexity index is 1270. The Morgan fingerprint density at radius 1 is 0.912 bits per heavy atom. The number of rotatable bonds is 6. The van der Waals surface area contributed by atoms with Crippen LogP contribution in [0, 0.1) is 6.92 Å². The third kappa shape index (κ3) is 6.20. The molecule has 0 radical (unpaired) electrons. The fourth-order valence-corrected chi connectivity index (χ4v) is 3.16. The highest BCUT2D eigenvalue weighted by atomic mass is 35.5. The molecule has 3 rings (SSSR count). The molecule has 34 heavy (non-hydrogen) atoms. The highest BCUT2D eigenvalue weighted by Crippen LogP contribution is 2.27. The summed E-state index contributed by atoms with van der Waals surface area (Å²) in [6.07, 6.45) is 0. The van der Waals surface area contributed by atoms with Gasteiger partial charge in [-0.15, -0.1) is 0 Å². The van der Waals surface area contributed by atoms with Crippen molar-refractivity contribution in [2.45, 2.75) is 13.8 Å². The molecule has 9 heteroatoms. The monoisotopic (exact) mass is 479 g/mol. The molecule has 0 aliphatic carbocycles. The van der Waals surface area contributed by atoms with Crippen molar-refractivity contribution in [1.29, 1.82) is 0 Å². The van der Waals surface area contributed by atoms with Crippen molar-refractivity contribution < 1.29 is 23.9 Å². The van der Waals surface area contributed by atoms with Gasteiger partial charge in [0.25, 0.3) is 0 Å². The molecule has 3 aromatic rings. The number of nitrogens with zero attached hydrogens (tertiary/aromatic N) is 1. The summed E-state index contributed by atoms with van der Waals surface area (Å²) in [7, 11) is 1.43. The Labute approximate surface area is 201 Å². The average Bonchev–Trinajstić information content (AvgIpc) is 2.82. The first-order valence-electron chi connectivity index (χ1n) is 10.2. The maximum absolute atomic E-state index is 12.5. The molecule has 0 saturated carbocycles. The van der Waals surface area contributed by atoms with Crippen LogP contribution < -0.4 is 20.2 Å². The Balaban J connectivity index is 1.71. The summed E-state index contributed by atoms with van der Waals surface area (Å²) in [6, 6.07) is 18.4. The Hall–Kier alpha value is -4.17. The lowest BCUT2D eigenvalue weighted by molar-refractivity contribution is -0.136. The van der Waals surface area contributed by atoms with Crippen LogP contribution in [0.25, 0.3) is 0 Å². The summed E-state index contributed by atoms with van der Waals surface area (Å²) in [5, 5.41) is 6.77. The highest BCUT2D eigenvalue weighted by Gasteiger charge is 2.17. The number of methoxy groups -OCH3 is 1. The van der Waals surface area contributed by atoms with Gasteiger partial charge in [0.2, 0.25) is 0 Å². The topological polar surface area (TPSA) is 106 Å². The number of carbonyl (C=O) groups is 3. The molecule has 174 valence electrons. The number of ether oxygens (including phenoxy) is 2. The number of esters is 1. The number of hydrogen-bond donors (Lipinski definition) is 2. The van der Waals surface area contributed by atoms with Gasteiger partial charge in [-0.2, -0.15) is 5.10 Å². The molecular weight excluding hydrogens is 458 g/mol. The molecule has 0 atom stereocenters. The number of nitrogens with one attached hydrogen (secondary N) is 2. The van der Waals surface area contributed by atoms with Crippen LogP contribution in [-0.4, -0.2) is 30.6 Å². The Morgan fingerprint density at radius 2 is 1.68 bits per heavy atom. The molecule has 0 bridgehead atoms. The lowest BCUT2D eigenvalue weighted by Crippen LogP contribution is -2.33. The van der Waals surface area contributed by atoms with E-state index in [1.807, 2.05) is 13.0 Å². The predicted octanol–water partition coefficient (Wildman–Crippen LogP) is 4.36. The Morgan fingerprint density at radius 3 is 2.41 bits per heavy atom. The van der Waals surface area contributed by atoms with E-state index >= 15 is 0 Å². The second-order valence-electron chi connectivity index (χ2n) is 7.19. The summed E-state index contributed by atoms with van der Waals surface area (Å²) < 4.78 is 10.7. The molecular formula is C25H22ClN3O5. The van der Waals surface area contributed by atoms with Gasteiger partial charge in [-0.3, -0.25) is 9.59 Å². The maximum Gasteiger partial charge on any atom is 0.343 e. The summed E-state index contributed by atoms with van der Waals surface area (Å²) in [6.45, 7) is 3.49. The molecule has 2 N–H and O–H groups in total. The summed E-state index contributed by atoms with van der Waals surface area (Å²) in [4.78, 5) is 37.1. The predicted molar refractivity (Wildman–Crippen MR) is 130 cm³/mol. The van der Waals surface area contributed by atoms with Crippen molar-refractivity contribution in [3.05, 3.63) is 88.4 Å². The maximum atomic E-state index is 12.5. The van der Waals surface area contributed by atoms with E-state index in [4.69, 9.17) is 21.1 Å². The number of aryl methyl sites for hydroxylation is 1. The first-order valence-corrected chi connectivity index (χ1v) is 10.5. The third-order valence-corrected chi connectivity index (χ3v) is 4.91. The van der Waals surface area contributed by atoms with E-state index in [0.29, 0.717) is 27.6 Å². The molecule has 0 aliphatic heterocycles. The van der Waals surface area contributed by atoms with E-state index in [1.54, 1.807) is 61.5 Å². The molecule has 2 amide bonds. The molecule has 0 aliphatic rings. The molecule has 0 spiro atoms. The SMILES string of the molecule is COc1ccc(Cl)cc1NC(=O)C(=O)N/N=C(\C)c1ccccc1OC(=O)c1cccc(C)c1. The van der Waals surface area contributed by atoms with E-state index in [0.717, 1.165) is 5.56 Å². The number of hydrazone groups is 1. The summed E-state index contributed by atoms with van der Waals surface area (Å²) in [5.41, 5.74) is 4.57. The van der Waals surface area contributed by atoms with Gasteiger partial charge in [0.15, 0.2) is 0 Å². The number of carbonyl (C=O) groups excluding carboxylic acids is 3. The van der Waals surface area contributed by atoms with Crippen LogP contribution in [0.4, 0.5) is 5.69 Å². The van der Waals surface area contributed by atoms with E-state index in [9.17, 15) is 14.4 Å². The molecule has 3 aromatic carbocycles. The molecule has 0 heterocycles. The normalized spacial score (nSPS) is 10.9. The lowest BCUT2D eigenvalue weighted by atomic mass is 10.1. The van der Waals surface area contributed by atoms with Crippen molar-refractivity contribution >= 4 is 40.8 Å². The van der Waals surface area contributed by atoms with Gasteiger partial charge in [0.1, 0.15) is 11.5 Å². The van der Waals surface area contributed by atoms with Crippen molar-refractivity contribution in [3.8, 4) is 11.5 Å². The van der Waals surface area contributed by atoms with Crippen LogP contribution in [0.5, 0.6) is 11.5 Å². The minimum Gasteiger partial charge on any atom is -0.495 e. The lowest BCUT2D eigenvalue weighted by Gasteiger charge is -2.11. The van der Waals surface area contributed by atoms with Gasteiger partial charge in [-0.05, 0) is 56.3 Å². The van der Waals surface area contributed by atoms with E-state index in [-0.39, 0.29) is 11.4 Å². The number of amides is 2. The van der Waals surface area contributed by atoms with Crippen LogP contribution in [0.3, 0.4) is 0 Å². The number of benzene rings is 3. The van der Waals surface area contributed by atoms with E-state index in [2.05, 4.69) is 15.8 Å². The summed E-state index contributed by atoms with van der Waals surface area (Å²) in [5.74, 6) is -1.89. The van der Waals surface area contributed by atoms with Gasteiger partial charge in [-0.25, -0.2) is 10.2 Å². The number of anilines is 1. The standard InChI is InChI=1S/C25H22ClN3O5/c1-15-7-6-8-17(13-15)25(32)34-21-10-5-4-9-19(21)16(2)28-29-24(31)23(30)27-20-14-18(26)11-12-22(20)33-3/h4-14H,1-3H3,(H,27,30)(H,29,31)/b28-16+. The number of para-hydroxylation sites is 1. The Kier molecular flexibility index (Phi) is 8.00. The fraction of sp³-hybridized carbons (Fsp3) is 0.120. The van der Waals surface area contributed by atoms with Crippen molar-refractivity contribution in [2.24, 2.45) is 5.10 Å². The second kappa shape index (κ2) is 11.1. The van der Waals surface area contributed by atoms with Crippen molar-refractivity contribution in [1.82, 2.24) is 5.43 Å². The number of halogens is 1. The van der Waals surface area contributed by atoms with Gasteiger partial charge >= 0.3 is 17.8 Å².